The molecule has 0 radical (unpaired) electrons. The van der Waals surface area contributed by atoms with Gasteiger partial charge in [-0.15, -0.1) is 0 Å². The largest absolute Gasteiger partial charge is 0.476 e. The third-order valence-corrected chi connectivity index (χ3v) is 3.97. The molecular formula is C18H27N3O3. The van der Waals surface area contributed by atoms with Crippen LogP contribution in [0.2, 0.25) is 0 Å². The molecule has 2 amide bonds. The number of carbonyl (C=O) groups is 2. The lowest BCUT2D eigenvalue weighted by Gasteiger charge is -2.39. The number of nitrogens with zero attached hydrogens (tertiary/aromatic N) is 1. The fraction of sp³-hybridized carbons (Fsp3) is 0.556. The predicted molar refractivity (Wildman–Crippen MR) is 94.5 cm³/mol. The highest BCUT2D eigenvalue weighted by Gasteiger charge is 2.41. The third-order valence-electron chi connectivity index (χ3n) is 3.97. The smallest absolute Gasteiger partial charge is 0.270 e. The number of carbonyl (C=O) groups excluding carboxylic acids is 2. The lowest BCUT2D eigenvalue weighted by Crippen LogP contribution is -2.53. The Balaban J connectivity index is 2.49. The van der Waals surface area contributed by atoms with Crippen LogP contribution in [0.25, 0.3) is 0 Å². The highest BCUT2D eigenvalue weighted by molar-refractivity contribution is 6.04. The number of nitrogens with one attached hydrogen (secondary N) is 1. The monoisotopic (exact) mass is 333 g/mol. The maximum atomic E-state index is 12.7. The first kappa shape index (κ1) is 18.3. The number of hydrogen-bond donors (Lipinski definition) is 2. The molecule has 0 saturated heterocycles. The van der Waals surface area contributed by atoms with Gasteiger partial charge < -0.3 is 20.7 Å². The summed E-state index contributed by atoms with van der Waals surface area (Å²) in [7, 11) is 0. The number of rotatable bonds is 5. The minimum atomic E-state index is -0.935. The second kappa shape index (κ2) is 6.81. The van der Waals surface area contributed by atoms with E-state index in [1.54, 1.807) is 24.8 Å². The predicted octanol–water partition coefficient (Wildman–Crippen LogP) is 1.99. The molecule has 1 aliphatic heterocycles. The molecule has 0 fully saturated rings. The van der Waals surface area contributed by atoms with Crippen molar-refractivity contribution in [3.05, 3.63) is 23.3 Å². The van der Waals surface area contributed by atoms with Crippen LogP contribution >= 0.6 is 0 Å². The summed E-state index contributed by atoms with van der Waals surface area (Å²) in [6.45, 7) is 10.2. The maximum absolute atomic E-state index is 12.7. The first-order valence-electron chi connectivity index (χ1n) is 8.34. The number of fused-ring (bicyclic) bond motifs is 1. The molecule has 1 heterocycles. The van der Waals surface area contributed by atoms with Crippen LogP contribution in [0.15, 0.2) is 12.1 Å². The summed E-state index contributed by atoms with van der Waals surface area (Å²) in [5, 5.41) is 2.89. The highest BCUT2D eigenvalue weighted by Crippen LogP contribution is 2.39. The van der Waals surface area contributed by atoms with Gasteiger partial charge in [0.1, 0.15) is 5.75 Å². The van der Waals surface area contributed by atoms with Gasteiger partial charge in [-0.1, -0.05) is 0 Å². The molecule has 0 saturated carbocycles. The fourth-order valence-electron chi connectivity index (χ4n) is 2.77. The van der Waals surface area contributed by atoms with Crippen LogP contribution in [0.1, 0.15) is 50.0 Å². The molecule has 6 heteroatoms. The van der Waals surface area contributed by atoms with Gasteiger partial charge in [0.2, 0.25) is 0 Å². The van der Waals surface area contributed by atoms with Gasteiger partial charge >= 0.3 is 0 Å². The first-order valence-corrected chi connectivity index (χ1v) is 8.34. The summed E-state index contributed by atoms with van der Waals surface area (Å²) < 4.78 is 5.88. The first-order chi connectivity index (χ1) is 11.2. The van der Waals surface area contributed by atoms with Crippen molar-refractivity contribution in [1.29, 1.82) is 0 Å². The van der Waals surface area contributed by atoms with Crippen LogP contribution < -0.4 is 20.7 Å². The van der Waals surface area contributed by atoms with Crippen molar-refractivity contribution < 1.29 is 14.3 Å². The summed E-state index contributed by atoms with van der Waals surface area (Å²) in [6, 6.07) is 3.61. The van der Waals surface area contributed by atoms with Gasteiger partial charge in [0.25, 0.3) is 11.8 Å². The van der Waals surface area contributed by atoms with Crippen molar-refractivity contribution in [1.82, 2.24) is 5.32 Å². The number of benzene rings is 1. The van der Waals surface area contributed by atoms with Crippen LogP contribution in [0.4, 0.5) is 5.69 Å². The molecule has 1 aromatic carbocycles. The molecule has 1 aromatic rings. The molecule has 3 N–H and O–H groups in total. The van der Waals surface area contributed by atoms with Crippen molar-refractivity contribution >= 4 is 17.5 Å². The van der Waals surface area contributed by atoms with Crippen molar-refractivity contribution in [3.8, 4) is 5.75 Å². The van der Waals surface area contributed by atoms with E-state index in [-0.39, 0.29) is 17.9 Å². The SMILES string of the molecule is Cc1cc2c(cc1C(=O)NC(C)C)N(CCCN)C(=O)C(C)(C)O2. The topological polar surface area (TPSA) is 84.7 Å². The summed E-state index contributed by atoms with van der Waals surface area (Å²) >= 11 is 0. The molecule has 24 heavy (non-hydrogen) atoms. The van der Waals surface area contributed by atoms with Gasteiger partial charge in [-0.3, -0.25) is 9.59 Å². The van der Waals surface area contributed by atoms with Crippen LogP contribution in [0.3, 0.4) is 0 Å². The molecule has 0 bridgehead atoms. The van der Waals surface area contributed by atoms with Gasteiger partial charge in [0.05, 0.1) is 5.69 Å². The molecule has 6 nitrogen and oxygen atoms in total. The maximum Gasteiger partial charge on any atom is 0.270 e. The lowest BCUT2D eigenvalue weighted by atomic mass is 9.99. The minimum absolute atomic E-state index is 0.0399. The van der Waals surface area contributed by atoms with Crippen molar-refractivity contribution in [2.24, 2.45) is 5.73 Å². The Morgan fingerprint density at radius 3 is 2.62 bits per heavy atom. The van der Waals surface area contributed by atoms with E-state index >= 15 is 0 Å². The summed E-state index contributed by atoms with van der Waals surface area (Å²) in [6.07, 6.45) is 0.683. The molecule has 0 aliphatic carbocycles. The van der Waals surface area contributed by atoms with Crippen LogP contribution in [-0.4, -0.2) is 36.5 Å². The standard InChI is InChI=1S/C18H27N3O3/c1-11(2)20-16(22)13-10-14-15(9-12(13)3)24-18(4,5)17(23)21(14)8-6-7-19/h9-11H,6-8,19H2,1-5H3,(H,20,22). The number of anilines is 1. The molecule has 0 spiro atoms. The fourth-order valence-corrected chi connectivity index (χ4v) is 2.77. The van der Waals surface area contributed by atoms with E-state index in [0.717, 1.165) is 5.56 Å². The van der Waals surface area contributed by atoms with Gasteiger partial charge in [0, 0.05) is 18.2 Å². The van der Waals surface area contributed by atoms with E-state index in [4.69, 9.17) is 10.5 Å². The molecule has 1 aliphatic rings. The van der Waals surface area contributed by atoms with Crippen molar-refractivity contribution in [3.63, 3.8) is 0 Å². The van der Waals surface area contributed by atoms with Crippen LogP contribution in [-0.2, 0) is 4.79 Å². The van der Waals surface area contributed by atoms with Gasteiger partial charge in [0.15, 0.2) is 5.60 Å². The number of hydrogen-bond acceptors (Lipinski definition) is 4. The number of ether oxygens (including phenoxy) is 1. The molecule has 132 valence electrons. The molecule has 0 atom stereocenters. The average Bonchev–Trinajstić information content (AvgIpc) is 2.46. The van der Waals surface area contributed by atoms with E-state index in [9.17, 15) is 9.59 Å². The van der Waals surface area contributed by atoms with Crippen LogP contribution in [0.5, 0.6) is 5.75 Å². The van der Waals surface area contributed by atoms with E-state index < -0.39 is 5.60 Å². The Morgan fingerprint density at radius 2 is 2.04 bits per heavy atom. The zero-order valence-electron chi connectivity index (χ0n) is 15.1. The zero-order valence-corrected chi connectivity index (χ0v) is 15.1. The summed E-state index contributed by atoms with van der Waals surface area (Å²) in [4.78, 5) is 26.8. The van der Waals surface area contributed by atoms with E-state index in [2.05, 4.69) is 5.32 Å². The molecule has 0 unspecified atom stereocenters. The van der Waals surface area contributed by atoms with Crippen molar-refractivity contribution in [2.75, 3.05) is 18.0 Å². The van der Waals surface area contributed by atoms with Gasteiger partial charge in [-0.05, 0) is 65.3 Å². The Kier molecular flexibility index (Phi) is 5.18. The molecule has 2 rings (SSSR count). The molecular weight excluding hydrogens is 306 g/mol. The minimum Gasteiger partial charge on any atom is -0.476 e. The Hall–Kier alpha value is -2.08. The highest BCUT2D eigenvalue weighted by atomic mass is 16.5. The second-order valence-electron chi connectivity index (χ2n) is 6.97. The summed E-state index contributed by atoms with van der Waals surface area (Å²) in [5.74, 6) is 0.346. The Morgan fingerprint density at radius 1 is 1.38 bits per heavy atom. The lowest BCUT2D eigenvalue weighted by molar-refractivity contribution is -0.132. The van der Waals surface area contributed by atoms with E-state index in [1.165, 1.54) is 0 Å². The molecule has 0 aromatic heterocycles. The van der Waals surface area contributed by atoms with Gasteiger partial charge in [-0.2, -0.15) is 0 Å². The number of nitrogens with two attached hydrogens (primary N) is 1. The van der Waals surface area contributed by atoms with E-state index in [1.807, 2.05) is 26.8 Å². The van der Waals surface area contributed by atoms with E-state index in [0.29, 0.717) is 36.5 Å². The second-order valence-corrected chi connectivity index (χ2v) is 6.97. The zero-order chi connectivity index (χ0) is 18.1. The average molecular weight is 333 g/mol. The van der Waals surface area contributed by atoms with Crippen LogP contribution in [0, 0.1) is 6.92 Å². The Labute approximate surface area is 143 Å². The number of amides is 2. The third kappa shape index (κ3) is 3.53. The summed E-state index contributed by atoms with van der Waals surface area (Å²) in [5.41, 5.74) is 6.67. The quantitative estimate of drug-likeness (QED) is 0.863. The number of aryl methyl sites for hydroxylation is 1. The van der Waals surface area contributed by atoms with Crippen molar-refractivity contribution in [2.45, 2.75) is 52.7 Å². The Bertz CT molecular complexity index is 653. The van der Waals surface area contributed by atoms with Gasteiger partial charge in [-0.25, -0.2) is 0 Å². The normalized spacial score (nSPS) is 16.0.